The normalized spacial score (nSPS) is 35.5. The van der Waals surface area contributed by atoms with E-state index in [1.165, 1.54) is 0 Å². The molecule has 6 heterocycles. The first-order valence-corrected chi connectivity index (χ1v) is 7.93. The molecule has 2 aromatic heterocycles. The summed E-state index contributed by atoms with van der Waals surface area (Å²) >= 11 is 0. The highest BCUT2D eigenvalue weighted by molar-refractivity contribution is 5.89. The number of hydroxylamine groups is 3. The highest BCUT2D eigenvalue weighted by Crippen LogP contribution is 2.44. The molecule has 8 heteroatoms. The number of hydrogen-bond donors (Lipinski definition) is 1. The zero-order valence-electron chi connectivity index (χ0n) is 12.6. The second-order valence-electron chi connectivity index (χ2n) is 6.70. The van der Waals surface area contributed by atoms with Crippen molar-refractivity contribution in [3.8, 4) is 0 Å². The molecule has 1 atom stereocenters. The van der Waals surface area contributed by atoms with Crippen LogP contribution in [0.5, 0.6) is 0 Å². The van der Waals surface area contributed by atoms with Crippen molar-refractivity contribution < 1.29 is 13.8 Å². The van der Waals surface area contributed by atoms with E-state index in [1.807, 2.05) is 6.07 Å². The highest BCUT2D eigenvalue weighted by Gasteiger charge is 2.56. The molecule has 2 bridgehead atoms. The van der Waals surface area contributed by atoms with Crippen molar-refractivity contribution in [1.29, 1.82) is 0 Å². The maximum atomic E-state index is 12.6. The molecule has 120 valence electrons. The number of rotatable bonds is 1. The van der Waals surface area contributed by atoms with E-state index in [0.29, 0.717) is 55.4 Å². The van der Waals surface area contributed by atoms with Gasteiger partial charge in [-0.1, -0.05) is 0 Å². The van der Waals surface area contributed by atoms with Gasteiger partial charge in [-0.3, -0.25) is 5.32 Å². The maximum Gasteiger partial charge on any atom is 0.305 e. The fourth-order valence-electron chi connectivity index (χ4n) is 4.08. The van der Waals surface area contributed by atoms with Crippen molar-refractivity contribution >= 4 is 23.3 Å². The molecule has 6 rings (SSSR count). The van der Waals surface area contributed by atoms with Crippen LogP contribution in [0.3, 0.4) is 0 Å². The molecule has 0 saturated carbocycles. The van der Waals surface area contributed by atoms with Crippen LogP contribution in [-0.2, 0) is 4.74 Å². The molecule has 23 heavy (non-hydrogen) atoms. The van der Waals surface area contributed by atoms with Crippen LogP contribution in [0.25, 0.3) is 11.2 Å². The van der Waals surface area contributed by atoms with Crippen LogP contribution in [-0.4, -0.2) is 52.4 Å². The molecule has 3 saturated heterocycles. The summed E-state index contributed by atoms with van der Waals surface area (Å²) < 4.78 is 11.5. The van der Waals surface area contributed by atoms with Crippen LogP contribution < -0.4 is 5.32 Å². The van der Waals surface area contributed by atoms with E-state index < -0.39 is 5.60 Å². The molecule has 0 aromatic carbocycles. The van der Waals surface area contributed by atoms with Gasteiger partial charge in [-0.05, 0) is 12.1 Å². The second kappa shape index (κ2) is 4.42. The van der Waals surface area contributed by atoms with E-state index >= 15 is 0 Å². The van der Waals surface area contributed by atoms with Crippen LogP contribution in [0.4, 0.5) is 6.01 Å². The number of nitrogens with one attached hydrogen (secondary N) is 1. The Balaban J connectivity index is 1.36. The lowest BCUT2D eigenvalue weighted by Crippen LogP contribution is -2.67. The number of ether oxygens (including phenoxy) is 1. The Labute approximate surface area is 132 Å². The first-order valence-electron chi connectivity index (χ1n) is 7.93. The van der Waals surface area contributed by atoms with Crippen molar-refractivity contribution in [2.75, 3.05) is 31.5 Å². The average molecular weight is 315 g/mol. The fourth-order valence-corrected chi connectivity index (χ4v) is 4.08. The van der Waals surface area contributed by atoms with E-state index in [1.54, 1.807) is 12.3 Å². The molecule has 3 fully saturated rings. The predicted molar refractivity (Wildman–Crippen MR) is 82.5 cm³/mol. The minimum Gasteiger partial charge on any atom is -0.633 e. The van der Waals surface area contributed by atoms with Gasteiger partial charge in [-0.15, -0.1) is 0 Å². The van der Waals surface area contributed by atoms with E-state index in [0.717, 1.165) is 12.8 Å². The van der Waals surface area contributed by atoms with Crippen LogP contribution >= 0.6 is 0 Å². The Kier molecular flexibility index (Phi) is 2.55. The van der Waals surface area contributed by atoms with Gasteiger partial charge in [0.05, 0.1) is 19.6 Å². The molecular formula is C15H17N5O3. The number of pyridine rings is 1. The molecule has 4 aliphatic rings. The van der Waals surface area contributed by atoms with E-state index in [2.05, 4.69) is 20.3 Å². The zero-order valence-corrected chi connectivity index (χ0v) is 12.6. The summed E-state index contributed by atoms with van der Waals surface area (Å²) in [6.45, 7) is 2.42. The number of fused-ring (bicyclic) bond motifs is 3. The minimum absolute atomic E-state index is 0.147. The van der Waals surface area contributed by atoms with Gasteiger partial charge in [-0.25, -0.2) is 9.98 Å². The molecule has 1 spiro atoms. The van der Waals surface area contributed by atoms with Crippen molar-refractivity contribution in [2.24, 2.45) is 10.9 Å². The van der Waals surface area contributed by atoms with Gasteiger partial charge in [0.2, 0.25) is 5.71 Å². The lowest BCUT2D eigenvalue weighted by Gasteiger charge is -2.58. The lowest BCUT2D eigenvalue weighted by atomic mass is 9.75. The number of aromatic nitrogens is 2. The third-order valence-corrected chi connectivity index (χ3v) is 5.24. The Morgan fingerprint density at radius 3 is 3.00 bits per heavy atom. The summed E-state index contributed by atoms with van der Waals surface area (Å²) in [5, 5.41) is 15.6. The Morgan fingerprint density at radius 1 is 1.35 bits per heavy atom. The molecule has 2 aromatic rings. The summed E-state index contributed by atoms with van der Waals surface area (Å²) in [6.07, 6.45) is 3.48. The molecule has 0 radical (unpaired) electrons. The number of oxazole rings is 1. The van der Waals surface area contributed by atoms with Gasteiger partial charge in [0.25, 0.3) is 6.02 Å². The number of amidine groups is 1. The molecule has 8 nitrogen and oxygen atoms in total. The lowest BCUT2D eigenvalue weighted by molar-refractivity contribution is -0.905. The first kappa shape index (κ1) is 13.3. The van der Waals surface area contributed by atoms with E-state index in [9.17, 15) is 5.21 Å². The van der Waals surface area contributed by atoms with Gasteiger partial charge in [0, 0.05) is 25.0 Å². The topological polar surface area (TPSA) is 95.6 Å². The van der Waals surface area contributed by atoms with Crippen LogP contribution in [0.15, 0.2) is 27.7 Å². The maximum absolute atomic E-state index is 12.6. The molecule has 1 unspecified atom stereocenters. The smallest absolute Gasteiger partial charge is 0.305 e. The van der Waals surface area contributed by atoms with Crippen molar-refractivity contribution in [2.45, 2.75) is 18.4 Å². The third kappa shape index (κ3) is 2.02. The average Bonchev–Trinajstić information content (AvgIpc) is 3.11. The van der Waals surface area contributed by atoms with Crippen molar-refractivity contribution in [3.05, 3.63) is 23.5 Å². The number of aliphatic imine (C=N–C) groups is 1. The van der Waals surface area contributed by atoms with Gasteiger partial charge >= 0.3 is 6.01 Å². The summed E-state index contributed by atoms with van der Waals surface area (Å²) in [6, 6.07) is 4.32. The first-order chi connectivity index (χ1) is 11.1. The van der Waals surface area contributed by atoms with Gasteiger partial charge < -0.3 is 19.0 Å². The van der Waals surface area contributed by atoms with Crippen LogP contribution in [0.1, 0.15) is 12.8 Å². The van der Waals surface area contributed by atoms with Crippen molar-refractivity contribution in [1.82, 2.24) is 9.97 Å². The van der Waals surface area contributed by atoms with E-state index in [-0.39, 0.29) is 4.65 Å². The van der Waals surface area contributed by atoms with Crippen molar-refractivity contribution in [3.63, 3.8) is 0 Å². The monoisotopic (exact) mass is 315 g/mol. The van der Waals surface area contributed by atoms with E-state index in [4.69, 9.17) is 9.15 Å². The summed E-state index contributed by atoms with van der Waals surface area (Å²) in [4.78, 5) is 12.9. The number of piperidine rings is 3. The van der Waals surface area contributed by atoms with Crippen LogP contribution in [0.2, 0.25) is 0 Å². The molecule has 1 N–H and O–H groups in total. The second-order valence-corrected chi connectivity index (χ2v) is 6.70. The third-order valence-electron chi connectivity index (χ3n) is 5.24. The largest absolute Gasteiger partial charge is 0.633 e. The number of nitrogens with zero attached hydrogens (tertiary/aromatic N) is 4. The fraction of sp³-hybridized carbons (Fsp3) is 0.533. The Hall–Kier alpha value is -2.19. The number of hydrogen-bond acceptors (Lipinski definition) is 7. The van der Waals surface area contributed by atoms with Gasteiger partial charge in [0.15, 0.2) is 5.60 Å². The summed E-state index contributed by atoms with van der Waals surface area (Å²) in [7, 11) is 0. The predicted octanol–water partition coefficient (Wildman–Crippen LogP) is 1.50. The SMILES string of the molecule is [O-][N+]12CCC(CC1)C1(CN=C(Nc3nc4cccnc4o3)O1)C2. The summed E-state index contributed by atoms with van der Waals surface area (Å²) in [5.41, 5.74) is 0.690. The minimum atomic E-state index is -0.454. The van der Waals surface area contributed by atoms with Gasteiger partial charge in [-0.2, -0.15) is 4.98 Å². The molecule has 4 aliphatic heterocycles. The summed E-state index contributed by atoms with van der Waals surface area (Å²) in [5.74, 6) is 0.407. The Morgan fingerprint density at radius 2 is 2.22 bits per heavy atom. The Bertz CT molecular complexity index is 762. The van der Waals surface area contributed by atoms with Crippen LogP contribution in [0, 0.1) is 11.1 Å². The highest BCUT2D eigenvalue weighted by atomic mass is 16.6. The quantitative estimate of drug-likeness (QED) is 0.633. The number of quaternary nitrogens is 1. The zero-order chi connectivity index (χ0) is 15.5. The molecule has 0 amide bonds. The number of anilines is 1. The molecule has 0 aliphatic carbocycles. The molecular weight excluding hydrogens is 298 g/mol. The van der Waals surface area contributed by atoms with Gasteiger partial charge in [0.1, 0.15) is 12.1 Å². The standard InChI is InChI=1S/C15H17N5O3/c21-20-6-3-10(4-7-20)15(9-20)8-17-13(23-15)19-14-18-11-2-1-5-16-12(11)22-14/h1-2,5,10H,3-4,6-9H2,(H,17,18,19).